The molecule has 26 heavy (non-hydrogen) atoms. The number of hydrogen-bond acceptors (Lipinski definition) is 4. The van der Waals surface area contributed by atoms with Crippen molar-refractivity contribution in [2.24, 2.45) is 22.7 Å². The van der Waals surface area contributed by atoms with Gasteiger partial charge in [0.15, 0.2) is 5.78 Å². The van der Waals surface area contributed by atoms with Crippen molar-refractivity contribution in [1.82, 2.24) is 0 Å². The van der Waals surface area contributed by atoms with Gasteiger partial charge in [0, 0.05) is 22.9 Å². The van der Waals surface area contributed by atoms with Gasteiger partial charge < -0.3 is 10.2 Å². The van der Waals surface area contributed by atoms with Gasteiger partial charge in [-0.25, -0.2) is 0 Å². The average molecular weight is 355 g/mol. The number of carboxylic acids is 2. The predicted molar refractivity (Wildman–Crippen MR) is 95.1 cm³/mol. The van der Waals surface area contributed by atoms with E-state index in [1.54, 1.807) is 26.0 Å². The molecule has 1 heterocycles. The number of aryl methyl sites for hydroxylation is 1. The molecule has 3 rings (SSSR count). The zero-order valence-corrected chi connectivity index (χ0v) is 14.9. The van der Waals surface area contributed by atoms with Gasteiger partial charge in [-0.05, 0) is 31.7 Å². The summed E-state index contributed by atoms with van der Waals surface area (Å²) >= 11 is 0. The highest BCUT2D eigenvalue weighted by Gasteiger charge is 2.48. The van der Waals surface area contributed by atoms with Crippen LogP contribution in [0.1, 0.15) is 37.3 Å². The zero-order chi connectivity index (χ0) is 19.2. The summed E-state index contributed by atoms with van der Waals surface area (Å²) in [7, 11) is 0. The van der Waals surface area contributed by atoms with Crippen molar-refractivity contribution in [3.63, 3.8) is 0 Å². The summed E-state index contributed by atoms with van der Waals surface area (Å²) < 4.78 is 0. The first-order valence-electron chi connectivity index (χ1n) is 8.57. The SMILES string of the molecule is CC1=NC2=C(C(=O)C(C(=O)O)C(C)C2)C(c2ccc(C)cc2)C1C(=O)O. The molecule has 2 N–H and O–H groups in total. The van der Waals surface area contributed by atoms with E-state index in [2.05, 4.69) is 4.99 Å². The van der Waals surface area contributed by atoms with Gasteiger partial charge in [-0.3, -0.25) is 19.4 Å². The third-order valence-corrected chi connectivity index (χ3v) is 5.32. The number of aliphatic imine (C=N–C) groups is 1. The molecule has 0 spiro atoms. The molecule has 136 valence electrons. The number of ketones is 1. The summed E-state index contributed by atoms with van der Waals surface area (Å²) in [6.45, 7) is 5.29. The fourth-order valence-electron chi connectivity index (χ4n) is 4.04. The topological polar surface area (TPSA) is 104 Å². The van der Waals surface area contributed by atoms with Crippen LogP contribution in [-0.2, 0) is 14.4 Å². The van der Waals surface area contributed by atoms with Crippen LogP contribution in [0.3, 0.4) is 0 Å². The third kappa shape index (κ3) is 2.85. The Bertz CT molecular complexity index is 849. The second kappa shape index (κ2) is 6.52. The van der Waals surface area contributed by atoms with Crippen LogP contribution in [0.15, 0.2) is 40.5 Å². The van der Waals surface area contributed by atoms with Gasteiger partial charge in [-0.1, -0.05) is 36.8 Å². The monoisotopic (exact) mass is 355 g/mol. The molecule has 0 radical (unpaired) electrons. The molecular weight excluding hydrogens is 334 g/mol. The minimum Gasteiger partial charge on any atom is -0.481 e. The van der Waals surface area contributed by atoms with Crippen LogP contribution in [0.2, 0.25) is 0 Å². The molecule has 0 saturated carbocycles. The molecule has 4 atom stereocenters. The number of rotatable bonds is 3. The van der Waals surface area contributed by atoms with Crippen LogP contribution >= 0.6 is 0 Å². The van der Waals surface area contributed by atoms with Gasteiger partial charge in [-0.2, -0.15) is 0 Å². The highest BCUT2D eigenvalue weighted by molar-refractivity contribution is 6.13. The standard InChI is InChI=1S/C20H21NO5/c1-9-4-6-12(7-5-9)16-15(20(25)26)11(3)21-13-8-10(2)14(19(23)24)18(22)17(13)16/h4-7,10,14-16H,8H2,1-3H3,(H,23,24)(H,25,26). The van der Waals surface area contributed by atoms with Gasteiger partial charge in [-0.15, -0.1) is 0 Å². The van der Waals surface area contributed by atoms with Crippen LogP contribution in [0.5, 0.6) is 0 Å². The number of nitrogens with zero attached hydrogens (tertiary/aromatic N) is 1. The number of aliphatic carboxylic acids is 2. The zero-order valence-electron chi connectivity index (χ0n) is 14.9. The number of carbonyl (C=O) groups excluding carboxylic acids is 1. The van der Waals surface area contributed by atoms with E-state index in [4.69, 9.17) is 0 Å². The van der Waals surface area contributed by atoms with Crippen LogP contribution in [0.25, 0.3) is 0 Å². The minimum atomic E-state index is -1.17. The second-order valence-corrected chi connectivity index (χ2v) is 7.18. The first-order valence-corrected chi connectivity index (χ1v) is 8.57. The number of benzene rings is 1. The lowest BCUT2D eigenvalue weighted by atomic mass is 9.67. The van der Waals surface area contributed by atoms with Crippen LogP contribution in [0, 0.1) is 24.7 Å². The highest BCUT2D eigenvalue weighted by atomic mass is 16.4. The van der Waals surface area contributed by atoms with Crippen molar-refractivity contribution in [1.29, 1.82) is 0 Å². The fraction of sp³-hybridized carbons (Fsp3) is 0.400. The lowest BCUT2D eigenvalue weighted by molar-refractivity contribution is -0.147. The Labute approximate surface area is 151 Å². The predicted octanol–water partition coefficient (Wildman–Crippen LogP) is 2.82. The summed E-state index contributed by atoms with van der Waals surface area (Å²) in [4.78, 5) is 41.0. The Kier molecular flexibility index (Phi) is 4.52. The summed E-state index contributed by atoms with van der Waals surface area (Å²) in [5.41, 5.74) is 2.92. The molecule has 0 aromatic heterocycles. The van der Waals surface area contributed by atoms with E-state index in [0.29, 0.717) is 23.4 Å². The van der Waals surface area contributed by atoms with Crippen molar-refractivity contribution in [2.75, 3.05) is 0 Å². The van der Waals surface area contributed by atoms with Gasteiger partial charge in [0.2, 0.25) is 0 Å². The van der Waals surface area contributed by atoms with Crippen molar-refractivity contribution in [2.45, 2.75) is 33.1 Å². The quantitative estimate of drug-likeness (QED) is 0.811. The Morgan fingerprint density at radius 2 is 1.62 bits per heavy atom. The van der Waals surface area contributed by atoms with Crippen molar-refractivity contribution in [3.05, 3.63) is 46.7 Å². The van der Waals surface area contributed by atoms with Crippen molar-refractivity contribution in [3.8, 4) is 0 Å². The van der Waals surface area contributed by atoms with Crippen molar-refractivity contribution < 1.29 is 24.6 Å². The van der Waals surface area contributed by atoms with Crippen LogP contribution in [0.4, 0.5) is 0 Å². The lowest BCUT2D eigenvalue weighted by Crippen LogP contribution is -2.42. The molecule has 0 amide bonds. The molecule has 1 aliphatic heterocycles. The number of carbonyl (C=O) groups is 3. The number of carboxylic acid groups (broad SMARTS) is 2. The van der Waals surface area contributed by atoms with Gasteiger partial charge in [0.05, 0.1) is 0 Å². The Morgan fingerprint density at radius 1 is 1.04 bits per heavy atom. The van der Waals surface area contributed by atoms with Gasteiger partial charge in [0.25, 0.3) is 0 Å². The minimum absolute atomic E-state index is 0.248. The van der Waals surface area contributed by atoms with E-state index in [9.17, 15) is 24.6 Å². The third-order valence-electron chi connectivity index (χ3n) is 5.32. The second-order valence-electron chi connectivity index (χ2n) is 7.18. The summed E-state index contributed by atoms with van der Waals surface area (Å²) in [6.07, 6.45) is 0.351. The maximum Gasteiger partial charge on any atom is 0.314 e. The van der Waals surface area contributed by atoms with Crippen LogP contribution < -0.4 is 0 Å². The molecule has 0 saturated heterocycles. The normalized spacial score (nSPS) is 28.4. The molecule has 0 bridgehead atoms. The molecule has 6 heteroatoms. The summed E-state index contributed by atoms with van der Waals surface area (Å²) in [5, 5.41) is 19.3. The maximum atomic E-state index is 13.0. The van der Waals surface area contributed by atoms with E-state index < -0.39 is 35.5 Å². The summed E-state index contributed by atoms with van der Waals surface area (Å²) in [5.74, 6) is -6.00. The van der Waals surface area contributed by atoms with E-state index in [-0.39, 0.29) is 11.5 Å². The largest absolute Gasteiger partial charge is 0.481 e. The molecule has 0 fully saturated rings. The average Bonchev–Trinajstić information content (AvgIpc) is 2.53. The van der Waals surface area contributed by atoms with E-state index >= 15 is 0 Å². The maximum absolute atomic E-state index is 13.0. The number of hydrogen-bond donors (Lipinski definition) is 2. The molecule has 2 aliphatic rings. The Balaban J connectivity index is 2.21. The highest BCUT2D eigenvalue weighted by Crippen LogP contribution is 2.46. The van der Waals surface area contributed by atoms with Crippen LogP contribution in [-0.4, -0.2) is 33.6 Å². The van der Waals surface area contributed by atoms with E-state index in [1.807, 2.05) is 19.1 Å². The number of Topliss-reactive ketones (excluding diaryl/α,β-unsaturated/α-hetero) is 1. The molecule has 1 aliphatic carbocycles. The fourth-order valence-corrected chi connectivity index (χ4v) is 4.04. The molecule has 1 aromatic rings. The van der Waals surface area contributed by atoms with Crippen molar-refractivity contribution >= 4 is 23.4 Å². The Hall–Kier alpha value is -2.76. The van der Waals surface area contributed by atoms with Gasteiger partial charge in [0.1, 0.15) is 11.8 Å². The molecular formula is C20H21NO5. The lowest BCUT2D eigenvalue weighted by Gasteiger charge is -2.37. The van der Waals surface area contributed by atoms with E-state index in [1.165, 1.54) is 0 Å². The molecule has 6 nitrogen and oxygen atoms in total. The smallest absolute Gasteiger partial charge is 0.314 e. The summed E-state index contributed by atoms with van der Waals surface area (Å²) in [6, 6.07) is 7.33. The molecule has 4 unspecified atom stereocenters. The van der Waals surface area contributed by atoms with Gasteiger partial charge >= 0.3 is 11.9 Å². The Morgan fingerprint density at radius 3 is 2.15 bits per heavy atom. The first-order chi connectivity index (χ1) is 12.2. The van der Waals surface area contributed by atoms with E-state index in [0.717, 1.165) is 5.56 Å². The first kappa shape index (κ1) is 18.0. The number of allylic oxidation sites excluding steroid dienone is 2. The molecule has 1 aromatic carbocycles.